The van der Waals surface area contributed by atoms with Gasteiger partial charge in [0.2, 0.25) is 0 Å². The third kappa shape index (κ3) is 3.23. The maximum atomic E-state index is 6.18. The molecule has 0 aromatic rings. The Labute approximate surface area is 117 Å². The van der Waals surface area contributed by atoms with E-state index in [4.69, 9.17) is 4.74 Å². The summed E-state index contributed by atoms with van der Waals surface area (Å²) in [5.74, 6) is 1.24. The van der Waals surface area contributed by atoms with Crippen LogP contribution in [0.15, 0.2) is 0 Å². The van der Waals surface area contributed by atoms with Crippen LogP contribution >= 0.6 is 11.8 Å². The van der Waals surface area contributed by atoms with E-state index in [1.807, 2.05) is 0 Å². The summed E-state index contributed by atoms with van der Waals surface area (Å²) < 4.78 is 6.18. The second kappa shape index (κ2) is 5.34. The van der Waals surface area contributed by atoms with Crippen molar-refractivity contribution in [2.24, 2.45) is 0 Å². The average molecular weight is 271 g/mol. The lowest BCUT2D eigenvalue weighted by Gasteiger charge is -2.31. The molecule has 18 heavy (non-hydrogen) atoms. The predicted octanol–water partition coefficient (Wildman–Crippen LogP) is 3.60. The fourth-order valence-corrected chi connectivity index (χ4v) is 4.82. The quantitative estimate of drug-likeness (QED) is 0.844. The minimum Gasteiger partial charge on any atom is -0.368 e. The standard InChI is InChI=1S/C15H29NOS/c1-6-18-12-9-7-8-11(12)16-13-10-14(2,3)17-15(13,4)5/h11-13,16H,6-10H2,1-5H3. The summed E-state index contributed by atoms with van der Waals surface area (Å²) >= 11 is 2.13. The molecule has 1 saturated carbocycles. The SMILES string of the molecule is CCSC1CCCC1NC1CC(C)(C)OC1(C)C. The number of nitrogens with one attached hydrogen (secondary N) is 1. The molecule has 0 aromatic heterocycles. The number of hydrogen-bond donors (Lipinski definition) is 1. The topological polar surface area (TPSA) is 21.3 Å². The Balaban J connectivity index is 1.96. The summed E-state index contributed by atoms with van der Waals surface area (Å²) in [5, 5.41) is 4.73. The van der Waals surface area contributed by atoms with Crippen molar-refractivity contribution in [2.75, 3.05) is 5.75 Å². The normalized spacial score (nSPS) is 38.2. The summed E-state index contributed by atoms with van der Waals surface area (Å²) in [6, 6.07) is 1.19. The van der Waals surface area contributed by atoms with Crippen molar-refractivity contribution >= 4 is 11.8 Å². The highest BCUT2D eigenvalue weighted by Crippen LogP contribution is 2.39. The van der Waals surface area contributed by atoms with Crippen molar-refractivity contribution < 1.29 is 4.74 Å². The largest absolute Gasteiger partial charge is 0.368 e. The van der Waals surface area contributed by atoms with E-state index in [0.717, 1.165) is 11.7 Å². The van der Waals surface area contributed by atoms with Crippen molar-refractivity contribution in [1.29, 1.82) is 0 Å². The smallest absolute Gasteiger partial charge is 0.0787 e. The number of thioether (sulfide) groups is 1. The highest BCUT2D eigenvalue weighted by atomic mass is 32.2. The molecule has 0 bridgehead atoms. The fraction of sp³-hybridized carbons (Fsp3) is 1.00. The van der Waals surface area contributed by atoms with E-state index >= 15 is 0 Å². The summed E-state index contributed by atoms with van der Waals surface area (Å²) in [7, 11) is 0. The van der Waals surface area contributed by atoms with Gasteiger partial charge in [-0.25, -0.2) is 0 Å². The van der Waals surface area contributed by atoms with Crippen molar-refractivity contribution in [3.8, 4) is 0 Å². The Kier molecular flexibility index (Phi) is 4.35. The van der Waals surface area contributed by atoms with Crippen LogP contribution in [0.4, 0.5) is 0 Å². The summed E-state index contributed by atoms with van der Waals surface area (Å²) in [6.45, 7) is 11.2. The van der Waals surface area contributed by atoms with Crippen LogP contribution in [0.1, 0.15) is 60.3 Å². The van der Waals surface area contributed by atoms with Gasteiger partial charge in [0.1, 0.15) is 0 Å². The van der Waals surface area contributed by atoms with Gasteiger partial charge < -0.3 is 10.1 Å². The van der Waals surface area contributed by atoms with E-state index in [2.05, 4.69) is 51.7 Å². The lowest BCUT2D eigenvalue weighted by Crippen LogP contribution is -2.49. The molecule has 2 fully saturated rings. The highest BCUT2D eigenvalue weighted by molar-refractivity contribution is 7.99. The van der Waals surface area contributed by atoms with E-state index in [9.17, 15) is 0 Å². The van der Waals surface area contributed by atoms with Gasteiger partial charge in [0.25, 0.3) is 0 Å². The first-order valence-electron chi connectivity index (χ1n) is 7.42. The zero-order chi connectivity index (χ0) is 13.4. The van der Waals surface area contributed by atoms with Gasteiger partial charge in [0.15, 0.2) is 0 Å². The van der Waals surface area contributed by atoms with Crippen molar-refractivity contribution in [3.63, 3.8) is 0 Å². The van der Waals surface area contributed by atoms with Crippen LogP contribution in [0, 0.1) is 0 Å². The molecule has 1 saturated heterocycles. The van der Waals surface area contributed by atoms with E-state index in [1.54, 1.807) is 0 Å². The zero-order valence-electron chi connectivity index (χ0n) is 12.6. The van der Waals surface area contributed by atoms with Gasteiger partial charge in [0.05, 0.1) is 11.2 Å². The third-order valence-electron chi connectivity index (χ3n) is 4.32. The van der Waals surface area contributed by atoms with Crippen molar-refractivity contribution in [3.05, 3.63) is 0 Å². The number of rotatable bonds is 4. The Morgan fingerprint density at radius 2 is 1.94 bits per heavy atom. The molecule has 106 valence electrons. The molecule has 0 spiro atoms. The lowest BCUT2D eigenvalue weighted by atomic mass is 9.93. The van der Waals surface area contributed by atoms with Crippen LogP contribution in [0.2, 0.25) is 0 Å². The summed E-state index contributed by atoms with van der Waals surface area (Å²) in [6.07, 6.45) is 5.23. The summed E-state index contributed by atoms with van der Waals surface area (Å²) in [5.41, 5.74) is -0.0132. The Bertz CT molecular complexity index is 290. The van der Waals surface area contributed by atoms with Gasteiger partial charge in [-0.3, -0.25) is 0 Å². The lowest BCUT2D eigenvalue weighted by molar-refractivity contribution is -0.0703. The molecule has 3 heteroatoms. The van der Waals surface area contributed by atoms with E-state index < -0.39 is 0 Å². The van der Waals surface area contributed by atoms with Gasteiger partial charge in [-0.05, 0) is 52.7 Å². The van der Waals surface area contributed by atoms with E-state index in [-0.39, 0.29) is 11.2 Å². The first-order chi connectivity index (χ1) is 8.34. The molecule has 2 aliphatic rings. The molecule has 1 heterocycles. The molecule has 3 atom stereocenters. The van der Waals surface area contributed by atoms with Gasteiger partial charge in [-0.1, -0.05) is 13.3 Å². The van der Waals surface area contributed by atoms with Crippen LogP contribution in [0.3, 0.4) is 0 Å². The molecule has 2 nitrogen and oxygen atoms in total. The van der Waals surface area contributed by atoms with Crippen molar-refractivity contribution in [2.45, 2.75) is 88.8 Å². The first kappa shape index (κ1) is 14.7. The van der Waals surface area contributed by atoms with Crippen LogP contribution in [0.5, 0.6) is 0 Å². The molecule has 3 unspecified atom stereocenters. The Morgan fingerprint density at radius 1 is 1.22 bits per heavy atom. The van der Waals surface area contributed by atoms with Gasteiger partial charge in [0, 0.05) is 17.3 Å². The molecule has 1 aliphatic heterocycles. The average Bonchev–Trinajstić information content (AvgIpc) is 2.71. The van der Waals surface area contributed by atoms with Crippen molar-refractivity contribution in [1.82, 2.24) is 5.32 Å². The van der Waals surface area contributed by atoms with Gasteiger partial charge >= 0.3 is 0 Å². The molecule has 0 radical (unpaired) electrons. The Hall–Kier alpha value is 0.270. The van der Waals surface area contributed by atoms with Crippen LogP contribution in [-0.4, -0.2) is 34.3 Å². The first-order valence-corrected chi connectivity index (χ1v) is 8.47. The maximum Gasteiger partial charge on any atom is 0.0787 e. The molecule has 2 rings (SSSR count). The van der Waals surface area contributed by atoms with Crippen LogP contribution < -0.4 is 5.32 Å². The number of ether oxygens (including phenoxy) is 1. The van der Waals surface area contributed by atoms with E-state index in [1.165, 1.54) is 25.0 Å². The number of hydrogen-bond acceptors (Lipinski definition) is 3. The fourth-order valence-electron chi connectivity index (χ4n) is 3.61. The summed E-state index contributed by atoms with van der Waals surface area (Å²) in [4.78, 5) is 0. The van der Waals surface area contributed by atoms with Gasteiger partial charge in [-0.2, -0.15) is 11.8 Å². The molecular weight excluding hydrogens is 242 g/mol. The highest BCUT2D eigenvalue weighted by Gasteiger charge is 2.47. The third-order valence-corrected chi connectivity index (χ3v) is 5.65. The minimum absolute atomic E-state index is 0.0210. The Morgan fingerprint density at radius 3 is 2.50 bits per heavy atom. The second-order valence-corrected chi connectivity index (χ2v) is 8.44. The molecule has 0 amide bonds. The van der Waals surface area contributed by atoms with Crippen LogP contribution in [-0.2, 0) is 4.74 Å². The van der Waals surface area contributed by atoms with Gasteiger partial charge in [-0.15, -0.1) is 0 Å². The monoisotopic (exact) mass is 271 g/mol. The second-order valence-electron chi connectivity index (χ2n) is 6.92. The zero-order valence-corrected chi connectivity index (χ0v) is 13.4. The molecule has 1 aliphatic carbocycles. The minimum atomic E-state index is -0.0342. The molecule has 1 N–H and O–H groups in total. The predicted molar refractivity (Wildman–Crippen MR) is 80.3 cm³/mol. The van der Waals surface area contributed by atoms with Crippen LogP contribution in [0.25, 0.3) is 0 Å². The molecule has 0 aromatic carbocycles. The molecular formula is C15H29NOS. The maximum absolute atomic E-state index is 6.18. The van der Waals surface area contributed by atoms with E-state index in [0.29, 0.717) is 12.1 Å².